The first-order valence-corrected chi connectivity index (χ1v) is 9.61. The van der Waals surface area contributed by atoms with Crippen LogP contribution in [0, 0.1) is 6.92 Å². The van der Waals surface area contributed by atoms with Crippen molar-refractivity contribution in [3.63, 3.8) is 0 Å². The Balaban J connectivity index is 1.87. The summed E-state index contributed by atoms with van der Waals surface area (Å²) in [6.45, 7) is 4.52. The molecule has 2 aromatic rings. The van der Waals surface area contributed by atoms with E-state index in [9.17, 15) is 9.59 Å². The molecule has 27 heavy (non-hydrogen) atoms. The third kappa shape index (κ3) is 6.48. The van der Waals surface area contributed by atoms with Crippen LogP contribution in [0.25, 0.3) is 0 Å². The number of nitrogens with zero attached hydrogens (tertiary/aromatic N) is 2. The molecule has 0 spiro atoms. The SMILES string of the molecule is Cc1ccc(NC(=O)CN(C)C(=O)[C@H](C)N(C)Cc2ccc(Br)cc2)cc1. The smallest absolute Gasteiger partial charge is 0.243 e. The van der Waals surface area contributed by atoms with Gasteiger partial charge in [-0.05, 0) is 50.7 Å². The zero-order valence-corrected chi connectivity index (χ0v) is 17.8. The van der Waals surface area contributed by atoms with E-state index in [-0.39, 0.29) is 24.4 Å². The number of carbonyl (C=O) groups excluding carboxylic acids is 2. The molecule has 5 nitrogen and oxygen atoms in total. The van der Waals surface area contributed by atoms with Crippen LogP contribution >= 0.6 is 15.9 Å². The Morgan fingerprint density at radius 1 is 1.04 bits per heavy atom. The van der Waals surface area contributed by atoms with Gasteiger partial charge in [-0.15, -0.1) is 0 Å². The lowest BCUT2D eigenvalue weighted by atomic mass is 10.2. The number of hydrogen-bond donors (Lipinski definition) is 1. The molecule has 0 saturated carbocycles. The van der Waals surface area contributed by atoms with Crippen molar-refractivity contribution in [2.75, 3.05) is 26.0 Å². The number of halogens is 1. The van der Waals surface area contributed by atoms with Crippen LogP contribution in [-0.4, -0.2) is 48.3 Å². The van der Waals surface area contributed by atoms with Crippen molar-refractivity contribution in [3.8, 4) is 0 Å². The van der Waals surface area contributed by atoms with E-state index in [2.05, 4.69) is 21.2 Å². The van der Waals surface area contributed by atoms with Gasteiger partial charge in [0.25, 0.3) is 0 Å². The molecule has 0 aliphatic rings. The molecule has 0 bridgehead atoms. The molecule has 0 radical (unpaired) electrons. The van der Waals surface area contributed by atoms with Gasteiger partial charge in [0.15, 0.2) is 0 Å². The van der Waals surface area contributed by atoms with E-state index in [1.165, 1.54) is 4.90 Å². The summed E-state index contributed by atoms with van der Waals surface area (Å²) in [4.78, 5) is 28.3. The highest BCUT2D eigenvalue weighted by atomic mass is 79.9. The average Bonchev–Trinajstić information content (AvgIpc) is 2.64. The second-order valence-electron chi connectivity index (χ2n) is 6.83. The summed E-state index contributed by atoms with van der Waals surface area (Å²) in [5.41, 5.74) is 2.98. The predicted octanol–water partition coefficient (Wildman–Crippen LogP) is 3.67. The Bertz CT molecular complexity index is 775. The lowest BCUT2D eigenvalue weighted by Crippen LogP contribution is -2.46. The highest BCUT2D eigenvalue weighted by Gasteiger charge is 2.23. The average molecular weight is 432 g/mol. The van der Waals surface area contributed by atoms with Crippen LogP contribution in [0.3, 0.4) is 0 Å². The molecule has 6 heteroatoms. The van der Waals surface area contributed by atoms with Crippen molar-refractivity contribution in [1.82, 2.24) is 9.80 Å². The quantitative estimate of drug-likeness (QED) is 0.727. The molecule has 0 saturated heterocycles. The van der Waals surface area contributed by atoms with E-state index in [0.29, 0.717) is 6.54 Å². The highest BCUT2D eigenvalue weighted by molar-refractivity contribution is 9.10. The lowest BCUT2D eigenvalue weighted by Gasteiger charge is -2.28. The minimum Gasteiger partial charge on any atom is -0.335 e. The van der Waals surface area contributed by atoms with Gasteiger partial charge < -0.3 is 10.2 Å². The first kappa shape index (κ1) is 21.1. The summed E-state index contributed by atoms with van der Waals surface area (Å²) in [6.07, 6.45) is 0. The van der Waals surface area contributed by atoms with Crippen LogP contribution in [0.2, 0.25) is 0 Å². The molecule has 1 N–H and O–H groups in total. The van der Waals surface area contributed by atoms with Gasteiger partial charge in [-0.25, -0.2) is 0 Å². The summed E-state index contributed by atoms with van der Waals surface area (Å²) >= 11 is 3.42. The van der Waals surface area contributed by atoms with Crippen LogP contribution in [0.1, 0.15) is 18.1 Å². The molecular weight excluding hydrogens is 406 g/mol. The fourth-order valence-electron chi connectivity index (χ4n) is 2.65. The number of likely N-dealkylation sites (N-methyl/N-ethyl adjacent to an activating group) is 2. The Hall–Kier alpha value is -2.18. The van der Waals surface area contributed by atoms with Gasteiger partial charge in [0, 0.05) is 23.8 Å². The van der Waals surface area contributed by atoms with E-state index in [0.717, 1.165) is 21.3 Å². The number of benzene rings is 2. The van der Waals surface area contributed by atoms with Gasteiger partial charge in [-0.1, -0.05) is 45.8 Å². The summed E-state index contributed by atoms with van der Waals surface area (Å²) in [7, 11) is 3.56. The first-order chi connectivity index (χ1) is 12.8. The van der Waals surface area contributed by atoms with Crippen molar-refractivity contribution in [2.24, 2.45) is 0 Å². The Morgan fingerprint density at radius 2 is 1.63 bits per heavy atom. The maximum atomic E-state index is 12.7. The van der Waals surface area contributed by atoms with Gasteiger partial charge in [0.1, 0.15) is 0 Å². The lowest BCUT2D eigenvalue weighted by molar-refractivity contribution is -0.137. The topological polar surface area (TPSA) is 52.7 Å². The highest BCUT2D eigenvalue weighted by Crippen LogP contribution is 2.13. The van der Waals surface area contributed by atoms with E-state index in [1.54, 1.807) is 7.05 Å². The van der Waals surface area contributed by atoms with Gasteiger partial charge in [0.2, 0.25) is 11.8 Å². The Labute approximate surface area is 169 Å². The number of nitrogens with one attached hydrogen (secondary N) is 1. The second-order valence-corrected chi connectivity index (χ2v) is 7.74. The fraction of sp³-hybridized carbons (Fsp3) is 0.333. The molecule has 0 aliphatic heterocycles. The minimum atomic E-state index is -0.328. The van der Waals surface area contributed by atoms with Crippen molar-refractivity contribution in [2.45, 2.75) is 26.4 Å². The molecule has 1 atom stereocenters. The molecular formula is C21H26BrN3O2. The van der Waals surface area contributed by atoms with Gasteiger partial charge in [0.05, 0.1) is 12.6 Å². The third-order valence-electron chi connectivity index (χ3n) is 4.46. The normalized spacial score (nSPS) is 11.9. The van der Waals surface area contributed by atoms with Crippen LogP contribution in [0.4, 0.5) is 5.69 Å². The van der Waals surface area contributed by atoms with Crippen LogP contribution in [0.15, 0.2) is 53.0 Å². The molecule has 0 aliphatic carbocycles. The summed E-state index contributed by atoms with van der Waals surface area (Å²) in [6, 6.07) is 15.3. The van der Waals surface area contributed by atoms with Crippen molar-refractivity contribution in [3.05, 3.63) is 64.1 Å². The molecule has 2 rings (SSSR count). The third-order valence-corrected chi connectivity index (χ3v) is 4.98. The predicted molar refractivity (Wildman–Crippen MR) is 113 cm³/mol. The summed E-state index contributed by atoms with van der Waals surface area (Å²) < 4.78 is 1.03. The monoisotopic (exact) mass is 431 g/mol. The maximum Gasteiger partial charge on any atom is 0.243 e. The van der Waals surface area contributed by atoms with E-state index in [1.807, 2.05) is 74.3 Å². The fourth-order valence-corrected chi connectivity index (χ4v) is 2.92. The number of rotatable bonds is 7. The molecule has 2 aromatic carbocycles. The van der Waals surface area contributed by atoms with E-state index in [4.69, 9.17) is 0 Å². The zero-order chi connectivity index (χ0) is 20.0. The largest absolute Gasteiger partial charge is 0.335 e. The molecule has 144 valence electrons. The summed E-state index contributed by atoms with van der Waals surface area (Å²) in [5, 5.41) is 2.82. The molecule has 2 amide bonds. The minimum absolute atomic E-state index is 0.0170. The van der Waals surface area contributed by atoms with Crippen LogP contribution < -0.4 is 5.32 Å². The van der Waals surface area contributed by atoms with Crippen LogP contribution in [-0.2, 0) is 16.1 Å². The molecule has 0 heterocycles. The number of anilines is 1. The zero-order valence-electron chi connectivity index (χ0n) is 16.2. The maximum absolute atomic E-state index is 12.7. The van der Waals surface area contributed by atoms with Crippen LogP contribution in [0.5, 0.6) is 0 Å². The van der Waals surface area contributed by atoms with Gasteiger partial charge >= 0.3 is 0 Å². The number of amides is 2. The van der Waals surface area contributed by atoms with E-state index < -0.39 is 0 Å². The van der Waals surface area contributed by atoms with Crippen molar-refractivity contribution < 1.29 is 9.59 Å². The first-order valence-electron chi connectivity index (χ1n) is 8.82. The molecule has 0 unspecified atom stereocenters. The standard InChI is InChI=1S/C21H26BrN3O2/c1-15-5-11-19(12-6-15)23-20(26)14-25(4)21(27)16(2)24(3)13-17-7-9-18(22)10-8-17/h5-12,16H,13-14H2,1-4H3,(H,23,26)/t16-/m0/s1. The van der Waals surface area contributed by atoms with Crippen molar-refractivity contribution in [1.29, 1.82) is 0 Å². The second kappa shape index (κ2) is 9.67. The molecule has 0 aromatic heterocycles. The Morgan fingerprint density at radius 3 is 2.22 bits per heavy atom. The number of hydrogen-bond acceptors (Lipinski definition) is 3. The number of carbonyl (C=O) groups is 2. The Kier molecular flexibility index (Phi) is 7.56. The molecule has 0 fully saturated rings. The number of aryl methyl sites for hydroxylation is 1. The summed E-state index contributed by atoms with van der Waals surface area (Å²) in [5.74, 6) is -0.300. The van der Waals surface area contributed by atoms with E-state index >= 15 is 0 Å². The van der Waals surface area contributed by atoms with Gasteiger partial charge in [-0.2, -0.15) is 0 Å². The van der Waals surface area contributed by atoms with Crippen molar-refractivity contribution >= 4 is 33.4 Å². The van der Waals surface area contributed by atoms with Gasteiger partial charge in [-0.3, -0.25) is 14.5 Å².